The molecule has 1 aromatic carbocycles. The van der Waals surface area contributed by atoms with Crippen molar-refractivity contribution in [2.24, 2.45) is 11.1 Å². The zero-order chi connectivity index (χ0) is 17.2. The Morgan fingerprint density at radius 2 is 2.04 bits per heavy atom. The van der Waals surface area contributed by atoms with Crippen molar-refractivity contribution >= 4 is 29.7 Å². The number of aromatic nitrogens is 1. The fourth-order valence-electron chi connectivity index (χ4n) is 2.21. The molecule has 3 N–H and O–H groups in total. The standard InChI is InChI=1S/C16H19F2N3OS.ClH/c1-16(2,3)14(10-5-4-9(17)6-11(10)18)21-15(22)12-8-23-13(7-19)20-12;/h4-6,8,14H,7,19H2,1-3H3,(H,21,22);1H. The Labute approximate surface area is 149 Å². The Kier molecular flexibility index (Phi) is 6.83. The molecule has 8 heteroatoms. The van der Waals surface area contributed by atoms with Crippen LogP contribution in [0.25, 0.3) is 0 Å². The van der Waals surface area contributed by atoms with Crippen LogP contribution in [0.5, 0.6) is 0 Å². The Hall–Kier alpha value is -1.57. The van der Waals surface area contributed by atoms with Gasteiger partial charge in [0.25, 0.3) is 5.91 Å². The van der Waals surface area contributed by atoms with Crippen molar-refractivity contribution in [1.29, 1.82) is 0 Å². The summed E-state index contributed by atoms with van der Waals surface area (Å²) >= 11 is 1.29. The molecule has 2 rings (SSSR count). The molecule has 0 spiro atoms. The highest BCUT2D eigenvalue weighted by Gasteiger charge is 2.31. The maximum Gasteiger partial charge on any atom is 0.271 e. The van der Waals surface area contributed by atoms with Crippen molar-refractivity contribution in [1.82, 2.24) is 10.3 Å². The maximum absolute atomic E-state index is 14.1. The highest BCUT2D eigenvalue weighted by molar-refractivity contribution is 7.09. The predicted molar refractivity (Wildman–Crippen MR) is 93.3 cm³/mol. The number of halogens is 3. The van der Waals surface area contributed by atoms with Gasteiger partial charge in [-0.2, -0.15) is 0 Å². The number of amides is 1. The second kappa shape index (κ2) is 8.00. The number of hydrogen-bond donors (Lipinski definition) is 2. The number of rotatable bonds is 4. The quantitative estimate of drug-likeness (QED) is 0.853. The molecule has 0 fully saturated rings. The average molecular weight is 376 g/mol. The zero-order valence-corrected chi connectivity index (χ0v) is 15.2. The first-order valence-electron chi connectivity index (χ1n) is 7.12. The second-order valence-corrected chi connectivity index (χ2v) is 7.21. The van der Waals surface area contributed by atoms with Gasteiger partial charge in [-0.1, -0.05) is 26.8 Å². The van der Waals surface area contributed by atoms with E-state index in [4.69, 9.17) is 5.73 Å². The molecule has 0 radical (unpaired) electrons. The minimum atomic E-state index is -0.689. The largest absolute Gasteiger partial charge is 0.343 e. The molecular weight excluding hydrogens is 356 g/mol. The fraction of sp³-hybridized carbons (Fsp3) is 0.375. The second-order valence-electron chi connectivity index (χ2n) is 6.27. The lowest BCUT2D eigenvalue weighted by molar-refractivity contribution is 0.0895. The summed E-state index contributed by atoms with van der Waals surface area (Å²) in [7, 11) is 0. The lowest BCUT2D eigenvalue weighted by Gasteiger charge is -2.32. The van der Waals surface area contributed by atoms with Gasteiger partial charge in [0.1, 0.15) is 22.3 Å². The van der Waals surface area contributed by atoms with E-state index in [1.807, 2.05) is 20.8 Å². The molecular formula is C16H20ClF2N3OS. The third-order valence-corrected chi connectivity index (χ3v) is 4.25. The third kappa shape index (κ3) is 4.72. The average Bonchev–Trinajstić information content (AvgIpc) is 2.93. The number of carbonyl (C=O) groups excluding carboxylic acids is 1. The highest BCUT2D eigenvalue weighted by Crippen LogP contribution is 2.34. The van der Waals surface area contributed by atoms with E-state index in [0.29, 0.717) is 5.01 Å². The van der Waals surface area contributed by atoms with Gasteiger partial charge in [-0.15, -0.1) is 23.7 Å². The van der Waals surface area contributed by atoms with Gasteiger partial charge in [0.15, 0.2) is 0 Å². The van der Waals surface area contributed by atoms with Crippen LogP contribution in [-0.2, 0) is 6.54 Å². The fourth-order valence-corrected chi connectivity index (χ4v) is 2.87. The first-order chi connectivity index (χ1) is 10.7. The van der Waals surface area contributed by atoms with E-state index < -0.39 is 29.0 Å². The van der Waals surface area contributed by atoms with Crippen molar-refractivity contribution in [2.45, 2.75) is 33.4 Å². The SMILES string of the molecule is CC(C)(C)C(NC(=O)c1csc(CN)n1)c1ccc(F)cc1F.Cl. The monoisotopic (exact) mass is 375 g/mol. The molecule has 1 unspecified atom stereocenters. The topological polar surface area (TPSA) is 68.0 Å². The van der Waals surface area contributed by atoms with Crippen molar-refractivity contribution in [3.05, 3.63) is 51.5 Å². The van der Waals surface area contributed by atoms with Gasteiger partial charge in [0, 0.05) is 23.6 Å². The normalized spacial score (nSPS) is 12.4. The van der Waals surface area contributed by atoms with E-state index in [0.717, 1.165) is 6.07 Å². The van der Waals surface area contributed by atoms with Gasteiger partial charge in [0.2, 0.25) is 0 Å². The van der Waals surface area contributed by atoms with Crippen LogP contribution in [0.3, 0.4) is 0 Å². The van der Waals surface area contributed by atoms with Gasteiger partial charge in [0.05, 0.1) is 6.04 Å². The van der Waals surface area contributed by atoms with E-state index in [9.17, 15) is 13.6 Å². The van der Waals surface area contributed by atoms with Crippen molar-refractivity contribution in [3.8, 4) is 0 Å². The van der Waals surface area contributed by atoms with Gasteiger partial charge in [-0.05, 0) is 11.5 Å². The summed E-state index contributed by atoms with van der Waals surface area (Å²) < 4.78 is 27.2. The molecule has 24 heavy (non-hydrogen) atoms. The van der Waals surface area contributed by atoms with Crippen LogP contribution >= 0.6 is 23.7 Å². The third-order valence-electron chi connectivity index (χ3n) is 3.37. The van der Waals surface area contributed by atoms with Crippen LogP contribution in [0.15, 0.2) is 23.6 Å². The molecule has 2 aromatic rings. The molecule has 1 amide bonds. The minimum Gasteiger partial charge on any atom is -0.343 e. The van der Waals surface area contributed by atoms with Gasteiger partial charge >= 0.3 is 0 Å². The number of carbonyl (C=O) groups is 1. The zero-order valence-electron chi connectivity index (χ0n) is 13.6. The van der Waals surface area contributed by atoms with Crippen LogP contribution in [0.1, 0.15) is 47.9 Å². The molecule has 1 atom stereocenters. The number of benzene rings is 1. The summed E-state index contributed by atoms with van der Waals surface area (Å²) in [6.07, 6.45) is 0. The molecule has 1 aromatic heterocycles. The Morgan fingerprint density at radius 1 is 1.38 bits per heavy atom. The maximum atomic E-state index is 14.1. The Morgan fingerprint density at radius 3 is 2.54 bits per heavy atom. The van der Waals surface area contributed by atoms with Crippen LogP contribution in [-0.4, -0.2) is 10.9 Å². The Balaban J connectivity index is 0.00000288. The van der Waals surface area contributed by atoms with Gasteiger partial charge in [-0.25, -0.2) is 13.8 Å². The highest BCUT2D eigenvalue weighted by atomic mass is 35.5. The summed E-state index contributed by atoms with van der Waals surface area (Å²) in [4.78, 5) is 16.5. The van der Waals surface area contributed by atoms with E-state index in [-0.39, 0.29) is 30.2 Å². The molecule has 0 bridgehead atoms. The summed E-state index contributed by atoms with van der Waals surface area (Å²) in [5.74, 6) is -1.76. The molecule has 132 valence electrons. The van der Waals surface area contributed by atoms with E-state index >= 15 is 0 Å². The number of nitrogens with zero attached hydrogens (tertiary/aromatic N) is 1. The minimum absolute atomic E-state index is 0. The van der Waals surface area contributed by atoms with Crippen molar-refractivity contribution in [3.63, 3.8) is 0 Å². The number of nitrogens with two attached hydrogens (primary N) is 1. The first-order valence-corrected chi connectivity index (χ1v) is 8.00. The van der Waals surface area contributed by atoms with Crippen LogP contribution in [0, 0.1) is 17.0 Å². The van der Waals surface area contributed by atoms with E-state index in [1.165, 1.54) is 23.5 Å². The molecule has 0 aliphatic rings. The summed E-state index contributed by atoms with van der Waals surface area (Å²) in [6.45, 7) is 5.86. The van der Waals surface area contributed by atoms with E-state index in [1.54, 1.807) is 5.38 Å². The summed E-state index contributed by atoms with van der Waals surface area (Å²) in [5, 5.41) is 5.05. The van der Waals surface area contributed by atoms with Crippen LogP contribution in [0.2, 0.25) is 0 Å². The molecule has 1 heterocycles. The van der Waals surface area contributed by atoms with Crippen molar-refractivity contribution in [2.75, 3.05) is 0 Å². The summed E-state index contributed by atoms with van der Waals surface area (Å²) in [5.41, 5.74) is 5.50. The van der Waals surface area contributed by atoms with Crippen molar-refractivity contribution < 1.29 is 13.6 Å². The molecule has 4 nitrogen and oxygen atoms in total. The number of hydrogen-bond acceptors (Lipinski definition) is 4. The van der Waals surface area contributed by atoms with Crippen LogP contribution < -0.4 is 11.1 Å². The predicted octanol–water partition coefficient (Wildman–Crippen LogP) is 3.82. The lowest BCUT2D eigenvalue weighted by atomic mass is 9.82. The summed E-state index contributed by atoms with van der Waals surface area (Å²) in [6, 6.07) is 2.72. The molecule has 0 saturated carbocycles. The van der Waals surface area contributed by atoms with Gasteiger partial charge in [-0.3, -0.25) is 4.79 Å². The Bertz CT molecular complexity index is 716. The van der Waals surface area contributed by atoms with Crippen LogP contribution in [0.4, 0.5) is 8.78 Å². The van der Waals surface area contributed by atoms with Gasteiger partial charge < -0.3 is 11.1 Å². The number of nitrogens with one attached hydrogen (secondary N) is 1. The van der Waals surface area contributed by atoms with E-state index in [2.05, 4.69) is 10.3 Å². The molecule has 0 aliphatic carbocycles. The first kappa shape index (κ1) is 20.5. The molecule has 0 aliphatic heterocycles. The number of thiazole rings is 1. The lowest BCUT2D eigenvalue weighted by Crippen LogP contribution is -2.37. The molecule has 0 saturated heterocycles. The smallest absolute Gasteiger partial charge is 0.271 e.